The molecular formula is C7H6BrCl. The highest BCUT2D eigenvalue weighted by molar-refractivity contribution is 9.10. The molecule has 0 aliphatic carbocycles. The molecule has 0 aromatic heterocycles. The molecule has 0 unspecified atom stereocenters. The first-order valence-corrected chi connectivity index (χ1v) is 3.53. The number of halogens is 2. The van der Waals surface area contributed by atoms with Crippen molar-refractivity contribution >= 4 is 27.5 Å². The Kier molecular flexibility index (Phi) is 1.20. The van der Waals surface area contributed by atoms with Gasteiger partial charge in [0.2, 0.25) is 0 Å². The average Bonchev–Trinajstić information content (AvgIpc) is 1.82. The van der Waals surface area contributed by atoms with E-state index in [1.807, 2.05) is 0 Å². The van der Waals surface area contributed by atoms with E-state index in [1.54, 1.807) is 12.1 Å². The quantitative estimate of drug-likeness (QED) is 0.613. The van der Waals surface area contributed by atoms with Crippen LogP contribution in [-0.2, 0) is 0 Å². The molecule has 0 atom stereocenters. The van der Waals surface area contributed by atoms with E-state index in [1.165, 1.54) is 6.07 Å². The summed E-state index contributed by atoms with van der Waals surface area (Å²) >= 11 is 8.85. The van der Waals surface area contributed by atoms with Crippen LogP contribution in [-0.4, -0.2) is 0 Å². The molecular weight excluding hydrogens is 199 g/mol. The molecule has 2 heteroatoms. The number of rotatable bonds is 0. The SMILES string of the molecule is [2H]C([2H])([2H])c1cc(Cl)cc(Br)c1. The Hall–Kier alpha value is -0.0100. The smallest absolute Gasteiger partial charge is 0.0419 e. The van der Waals surface area contributed by atoms with E-state index in [0.717, 1.165) is 0 Å². The summed E-state index contributed by atoms with van der Waals surface area (Å²) in [4.78, 5) is 0. The summed E-state index contributed by atoms with van der Waals surface area (Å²) in [5.41, 5.74) is 0.252. The third-order valence-corrected chi connectivity index (χ3v) is 1.54. The minimum Gasteiger partial charge on any atom is -0.0843 e. The van der Waals surface area contributed by atoms with E-state index in [2.05, 4.69) is 15.9 Å². The summed E-state index contributed by atoms with van der Waals surface area (Å²) in [5.74, 6) is 0. The Morgan fingerprint density at radius 3 is 2.89 bits per heavy atom. The van der Waals surface area contributed by atoms with Crippen molar-refractivity contribution in [3.8, 4) is 0 Å². The van der Waals surface area contributed by atoms with Crippen molar-refractivity contribution in [2.45, 2.75) is 6.85 Å². The van der Waals surface area contributed by atoms with Gasteiger partial charge in [0.25, 0.3) is 0 Å². The van der Waals surface area contributed by atoms with Crippen LogP contribution in [0.15, 0.2) is 22.7 Å². The monoisotopic (exact) mass is 207 g/mol. The lowest BCUT2D eigenvalue weighted by atomic mass is 10.2. The van der Waals surface area contributed by atoms with Gasteiger partial charge in [0, 0.05) is 13.6 Å². The summed E-state index contributed by atoms with van der Waals surface area (Å²) < 4.78 is 22.0. The maximum Gasteiger partial charge on any atom is 0.0419 e. The van der Waals surface area contributed by atoms with Gasteiger partial charge >= 0.3 is 0 Å². The van der Waals surface area contributed by atoms with Gasteiger partial charge in [-0.1, -0.05) is 27.5 Å². The molecule has 0 radical (unpaired) electrons. The molecule has 1 aromatic rings. The molecule has 1 aromatic carbocycles. The fourth-order valence-electron chi connectivity index (χ4n) is 0.554. The number of benzene rings is 1. The van der Waals surface area contributed by atoms with E-state index >= 15 is 0 Å². The largest absolute Gasteiger partial charge is 0.0843 e. The Bertz CT molecular complexity index is 275. The second-order valence-corrected chi connectivity index (χ2v) is 3.01. The predicted molar refractivity (Wildman–Crippen MR) is 43.9 cm³/mol. The third kappa shape index (κ3) is 1.99. The van der Waals surface area contributed by atoms with Crippen LogP contribution in [0.25, 0.3) is 0 Å². The zero-order valence-electron chi connectivity index (χ0n) is 7.49. The zero-order valence-corrected chi connectivity index (χ0v) is 6.83. The Balaban J connectivity index is 3.18. The first kappa shape index (κ1) is 3.99. The molecule has 0 saturated heterocycles. The molecule has 0 bridgehead atoms. The third-order valence-electron chi connectivity index (χ3n) is 0.863. The van der Waals surface area contributed by atoms with E-state index in [9.17, 15) is 0 Å². The van der Waals surface area contributed by atoms with Crippen molar-refractivity contribution in [2.75, 3.05) is 0 Å². The molecule has 0 heterocycles. The van der Waals surface area contributed by atoms with Crippen LogP contribution >= 0.6 is 27.5 Å². The molecule has 48 valence electrons. The molecule has 0 N–H and O–H groups in total. The molecule has 0 spiro atoms. The van der Waals surface area contributed by atoms with Crippen molar-refractivity contribution in [1.29, 1.82) is 0 Å². The van der Waals surface area contributed by atoms with Crippen LogP contribution in [0, 0.1) is 6.85 Å². The van der Waals surface area contributed by atoms with Crippen molar-refractivity contribution in [3.05, 3.63) is 33.3 Å². The van der Waals surface area contributed by atoms with Crippen LogP contribution < -0.4 is 0 Å². The normalized spacial score (nSPS) is 16.0. The Morgan fingerprint density at radius 2 is 2.33 bits per heavy atom. The molecule has 0 saturated carbocycles. The minimum atomic E-state index is -2.09. The molecule has 9 heavy (non-hydrogen) atoms. The molecule has 1 rings (SSSR count). The van der Waals surface area contributed by atoms with Gasteiger partial charge in [-0.15, -0.1) is 0 Å². The standard InChI is InChI=1S/C7H6BrCl/c1-5-2-6(8)4-7(9)3-5/h2-4H,1H3/i1D3. The van der Waals surface area contributed by atoms with E-state index < -0.39 is 6.85 Å². The highest BCUT2D eigenvalue weighted by Crippen LogP contribution is 2.18. The summed E-state index contributed by atoms with van der Waals surface area (Å²) in [6.07, 6.45) is 0. The van der Waals surface area contributed by atoms with E-state index in [-0.39, 0.29) is 5.56 Å². The first-order chi connectivity index (χ1) is 5.39. The van der Waals surface area contributed by atoms with Gasteiger partial charge in [0.15, 0.2) is 0 Å². The highest BCUT2D eigenvalue weighted by Gasteiger charge is 1.90. The van der Waals surface area contributed by atoms with Gasteiger partial charge in [-0.05, 0) is 30.6 Å². The van der Waals surface area contributed by atoms with Gasteiger partial charge in [-0.25, -0.2) is 0 Å². The van der Waals surface area contributed by atoms with Gasteiger partial charge in [0.1, 0.15) is 0 Å². The lowest BCUT2D eigenvalue weighted by molar-refractivity contribution is 1.45. The average molecular weight is 209 g/mol. The summed E-state index contributed by atoms with van der Waals surface area (Å²) in [6.45, 7) is -2.09. The van der Waals surface area contributed by atoms with Crippen molar-refractivity contribution in [1.82, 2.24) is 0 Å². The molecule has 0 amide bonds. The van der Waals surface area contributed by atoms with Crippen LogP contribution in [0.3, 0.4) is 0 Å². The lowest BCUT2D eigenvalue weighted by Crippen LogP contribution is -1.70. The van der Waals surface area contributed by atoms with Crippen LogP contribution in [0.1, 0.15) is 9.68 Å². The molecule has 0 fully saturated rings. The Labute approximate surface area is 72.2 Å². The van der Waals surface area contributed by atoms with Crippen molar-refractivity contribution in [2.24, 2.45) is 0 Å². The molecule has 0 nitrogen and oxygen atoms in total. The first-order valence-electron chi connectivity index (χ1n) is 3.86. The zero-order chi connectivity index (χ0) is 9.35. The van der Waals surface area contributed by atoms with Crippen molar-refractivity contribution in [3.63, 3.8) is 0 Å². The van der Waals surface area contributed by atoms with Gasteiger partial charge < -0.3 is 0 Å². The summed E-state index contributed by atoms with van der Waals surface area (Å²) in [5, 5.41) is 0.426. The van der Waals surface area contributed by atoms with E-state index in [0.29, 0.717) is 9.50 Å². The maximum absolute atomic E-state index is 7.12. The van der Waals surface area contributed by atoms with Crippen LogP contribution in [0.2, 0.25) is 5.02 Å². The van der Waals surface area contributed by atoms with Gasteiger partial charge in [0.05, 0.1) is 0 Å². The number of hydrogen-bond acceptors (Lipinski definition) is 0. The van der Waals surface area contributed by atoms with Crippen molar-refractivity contribution < 1.29 is 4.11 Å². The Morgan fingerprint density at radius 1 is 1.56 bits per heavy atom. The maximum atomic E-state index is 7.12. The lowest BCUT2D eigenvalue weighted by Gasteiger charge is -1.93. The fraction of sp³-hybridized carbons (Fsp3) is 0.143. The van der Waals surface area contributed by atoms with E-state index in [4.69, 9.17) is 15.7 Å². The highest BCUT2D eigenvalue weighted by atomic mass is 79.9. The van der Waals surface area contributed by atoms with Crippen LogP contribution in [0.4, 0.5) is 0 Å². The number of hydrogen-bond donors (Lipinski definition) is 0. The minimum absolute atomic E-state index is 0.252. The molecule has 0 aliphatic heterocycles. The van der Waals surface area contributed by atoms with Crippen LogP contribution in [0.5, 0.6) is 0 Å². The number of aryl methyl sites for hydroxylation is 1. The predicted octanol–water partition coefficient (Wildman–Crippen LogP) is 3.41. The van der Waals surface area contributed by atoms with Gasteiger partial charge in [-0.3, -0.25) is 0 Å². The molecule has 0 aliphatic rings. The summed E-state index contributed by atoms with van der Waals surface area (Å²) in [6, 6.07) is 4.63. The fourth-order valence-corrected chi connectivity index (χ4v) is 1.41. The summed E-state index contributed by atoms with van der Waals surface area (Å²) in [7, 11) is 0. The van der Waals surface area contributed by atoms with Gasteiger partial charge in [-0.2, -0.15) is 0 Å². The second kappa shape index (κ2) is 2.72. The topological polar surface area (TPSA) is 0 Å². The second-order valence-electron chi connectivity index (χ2n) is 1.66.